The fraction of sp³-hybridized carbons (Fsp3) is 0.533. The van der Waals surface area contributed by atoms with Crippen LogP contribution in [0.1, 0.15) is 22.3 Å². The van der Waals surface area contributed by atoms with Crippen molar-refractivity contribution in [1.82, 2.24) is 9.80 Å². The van der Waals surface area contributed by atoms with Gasteiger partial charge in [0.15, 0.2) is 0 Å². The van der Waals surface area contributed by atoms with E-state index in [1.807, 2.05) is 4.90 Å². The summed E-state index contributed by atoms with van der Waals surface area (Å²) in [6.45, 7) is 5.57. The number of nitrogens with zero attached hydrogens (tertiary/aromatic N) is 2. The maximum absolute atomic E-state index is 13.1. The molecule has 1 N–H and O–H groups in total. The zero-order chi connectivity index (χ0) is 14.5. The fourth-order valence-corrected chi connectivity index (χ4v) is 2.58. The average Bonchev–Trinajstić information content (AvgIpc) is 2.64. The number of halogens is 1. The smallest absolute Gasteiger partial charge is 0.254 e. The second kappa shape index (κ2) is 6.81. The Labute approximate surface area is 118 Å². The standard InChI is InChI=1S/C15H21FN2O2/c1-12-11-13(16)3-4-14(12)15(20)18-6-2-5-17(7-8-18)9-10-19/h3-4,11,19H,2,5-10H2,1H3. The van der Waals surface area contributed by atoms with Gasteiger partial charge in [0.1, 0.15) is 5.82 Å². The molecule has 4 nitrogen and oxygen atoms in total. The second-order valence-electron chi connectivity index (χ2n) is 5.17. The number of carbonyl (C=O) groups excluding carboxylic acids is 1. The SMILES string of the molecule is Cc1cc(F)ccc1C(=O)N1CCCN(CCO)CC1. The van der Waals surface area contributed by atoms with Crippen molar-refractivity contribution in [1.29, 1.82) is 0 Å². The topological polar surface area (TPSA) is 43.8 Å². The predicted molar refractivity (Wildman–Crippen MR) is 75.2 cm³/mol. The van der Waals surface area contributed by atoms with E-state index in [-0.39, 0.29) is 18.3 Å². The summed E-state index contributed by atoms with van der Waals surface area (Å²) in [5, 5.41) is 8.97. The summed E-state index contributed by atoms with van der Waals surface area (Å²) in [5.74, 6) is -0.350. The van der Waals surface area contributed by atoms with Crippen LogP contribution >= 0.6 is 0 Å². The van der Waals surface area contributed by atoms with Crippen molar-refractivity contribution < 1.29 is 14.3 Å². The van der Waals surface area contributed by atoms with Crippen LogP contribution in [0.5, 0.6) is 0 Å². The molecular formula is C15H21FN2O2. The lowest BCUT2D eigenvalue weighted by molar-refractivity contribution is 0.0759. The van der Waals surface area contributed by atoms with Crippen molar-refractivity contribution in [2.75, 3.05) is 39.3 Å². The van der Waals surface area contributed by atoms with Crippen LogP contribution in [-0.2, 0) is 0 Å². The van der Waals surface area contributed by atoms with E-state index in [0.717, 1.165) is 19.5 Å². The van der Waals surface area contributed by atoms with Crippen LogP contribution in [-0.4, -0.2) is 60.1 Å². The summed E-state index contributed by atoms with van der Waals surface area (Å²) < 4.78 is 13.1. The molecule has 1 aliphatic rings. The molecule has 20 heavy (non-hydrogen) atoms. The number of aliphatic hydroxyl groups excluding tert-OH is 1. The van der Waals surface area contributed by atoms with Gasteiger partial charge >= 0.3 is 0 Å². The first-order valence-corrected chi connectivity index (χ1v) is 7.00. The molecule has 2 rings (SSSR count). The van der Waals surface area contributed by atoms with Crippen LogP contribution < -0.4 is 0 Å². The first-order valence-electron chi connectivity index (χ1n) is 7.00. The maximum Gasteiger partial charge on any atom is 0.254 e. The highest BCUT2D eigenvalue weighted by atomic mass is 19.1. The molecule has 0 bridgehead atoms. The van der Waals surface area contributed by atoms with E-state index < -0.39 is 0 Å². The lowest BCUT2D eigenvalue weighted by atomic mass is 10.1. The van der Waals surface area contributed by atoms with Crippen LogP contribution in [0.2, 0.25) is 0 Å². The Balaban J connectivity index is 2.05. The van der Waals surface area contributed by atoms with Crippen molar-refractivity contribution in [2.24, 2.45) is 0 Å². The molecular weight excluding hydrogens is 259 g/mol. The van der Waals surface area contributed by atoms with Gasteiger partial charge in [-0.3, -0.25) is 9.69 Å². The summed E-state index contributed by atoms with van der Waals surface area (Å²) in [5.41, 5.74) is 1.24. The van der Waals surface area contributed by atoms with Gasteiger partial charge in [-0.25, -0.2) is 4.39 Å². The normalized spacial score (nSPS) is 17.1. The molecule has 5 heteroatoms. The second-order valence-corrected chi connectivity index (χ2v) is 5.17. The molecule has 0 aliphatic carbocycles. The number of carbonyl (C=O) groups is 1. The average molecular weight is 280 g/mol. The zero-order valence-corrected chi connectivity index (χ0v) is 11.8. The van der Waals surface area contributed by atoms with Gasteiger partial charge in [0.25, 0.3) is 5.91 Å². The van der Waals surface area contributed by atoms with Gasteiger partial charge < -0.3 is 10.0 Å². The summed E-state index contributed by atoms with van der Waals surface area (Å²) >= 11 is 0. The maximum atomic E-state index is 13.1. The predicted octanol–water partition coefficient (Wildman–Crippen LogP) is 1.27. The van der Waals surface area contributed by atoms with E-state index in [2.05, 4.69) is 4.90 Å². The van der Waals surface area contributed by atoms with Crippen molar-refractivity contribution >= 4 is 5.91 Å². The first-order chi connectivity index (χ1) is 9.61. The minimum Gasteiger partial charge on any atom is -0.395 e. The quantitative estimate of drug-likeness (QED) is 0.907. The van der Waals surface area contributed by atoms with E-state index in [4.69, 9.17) is 5.11 Å². The van der Waals surface area contributed by atoms with Gasteiger partial charge in [0, 0.05) is 31.7 Å². The highest BCUT2D eigenvalue weighted by molar-refractivity contribution is 5.95. The first kappa shape index (κ1) is 14.9. The third kappa shape index (κ3) is 3.55. The molecule has 1 aliphatic heterocycles. The number of hydrogen-bond acceptors (Lipinski definition) is 3. The molecule has 1 aromatic carbocycles. The number of amides is 1. The Morgan fingerprint density at radius 3 is 2.80 bits per heavy atom. The molecule has 0 atom stereocenters. The van der Waals surface area contributed by atoms with Gasteiger partial charge in [-0.15, -0.1) is 0 Å². The molecule has 0 aromatic heterocycles. The highest BCUT2D eigenvalue weighted by Crippen LogP contribution is 2.14. The van der Waals surface area contributed by atoms with Gasteiger partial charge in [-0.05, 0) is 43.7 Å². The lowest BCUT2D eigenvalue weighted by Gasteiger charge is -2.22. The molecule has 0 spiro atoms. The van der Waals surface area contributed by atoms with E-state index in [1.165, 1.54) is 12.1 Å². The molecule has 0 radical (unpaired) electrons. The number of hydrogen-bond donors (Lipinski definition) is 1. The Morgan fingerprint density at radius 2 is 2.10 bits per heavy atom. The van der Waals surface area contributed by atoms with Crippen molar-refractivity contribution in [2.45, 2.75) is 13.3 Å². The van der Waals surface area contributed by atoms with Gasteiger partial charge in [0.05, 0.1) is 6.61 Å². The summed E-state index contributed by atoms with van der Waals surface area (Å²) in [7, 11) is 0. The molecule has 1 aromatic rings. The molecule has 1 heterocycles. The summed E-state index contributed by atoms with van der Waals surface area (Å²) in [6, 6.07) is 4.28. The summed E-state index contributed by atoms with van der Waals surface area (Å²) in [4.78, 5) is 16.5. The monoisotopic (exact) mass is 280 g/mol. The minimum absolute atomic E-state index is 0.0339. The Hall–Kier alpha value is -1.46. The van der Waals surface area contributed by atoms with Gasteiger partial charge in [-0.1, -0.05) is 0 Å². The van der Waals surface area contributed by atoms with Crippen molar-refractivity contribution in [3.8, 4) is 0 Å². The lowest BCUT2D eigenvalue weighted by Crippen LogP contribution is -2.36. The van der Waals surface area contributed by atoms with Gasteiger partial charge in [-0.2, -0.15) is 0 Å². The number of benzene rings is 1. The van der Waals surface area contributed by atoms with Crippen molar-refractivity contribution in [3.63, 3.8) is 0 Å². The third-order valence-electron chi connectivity index (χ3n) is 3.71. The molecule has 0 saturated carbocycles. The summed E-state index contributed by atoms with van der Waals surface area (Å²) in [6.07, 6.45) is 0.895. The fourth-order valence-electron chi connectivity index (χ4n) is 2.58. The number of aliphatic hydroxyl groups is 1. The number of aryl methyl sites for hydroxylation is 1. The van der Waals surface area contributed by atoms with Crippen LogP contribution in [0.4, 0.5) is 4.39 Å². The Morgan fingerprint density at radius 1 is 1.30 bits per heavy atom. The van der Waals surface area contributed by atoms with Crippen LogP contribution in [0.25, 0.3) is 0 Å². The van der Waals surface area contributed by atoms with E-state index in [0.29, 0.717) is 30.8 Å². The van der Waals surface area contributed by atoms with E-state index >= 15 is 0 Å². The minimum atomic E-state index is -0.316. The Bertz CT molecular complexity index is 479. The third-order valence-corrected chi connectivity index (χ3v) is 3.71. The van der Waals surface area contributed by atoms with Crippen LogP contribution in [0.15, 0.2) is 18.2 Å². The molecule has 1 amide bonds. The number of rotatable bonds is 3. The van der Waals surface area contributed by atoms with E-state index in [1.54, 1.807) is 13.0 Å². The number of β-amino-alcohol motifs (C(OH)–C–C–N with tert-alkyl or cyclic N) is 1. The van der Waals surface area contributed by atoms with Crippen LogP contribution in [0.3, 0.4) is 0 Å². The molecule has 110 valence electrons. The van der Waals surface area contributed by atoms with Gasteiger partial charge in [0.2, 0.25) is 0 Å². The van der Waals surface area contributed by atoms with Crippen molar-refractivity contribution in [3.05, 3.63) is 35.1 Å². The molecule has 1 fully saturated rings. The largest absolute Gasteiger partial charge is 0.395 e. The zero-order valence-electron chi connectivity index (χ0n) is 11.8. The van der Waals surface area contributed by atoms with Crippen LogP contribution in [0, 0.1) is 12.7 Å². The van der Waals surface area contributed by atoms with E-state index in [9.17, 15) is 9.18 Å². The highest BCUT2D eigenvalue weighted by Gasteiger charge is 2.21. The molecule has 1 saturated heterocycles. The Kier molecular flexibility index (Phi) is 5.09. The molecule has 0 unspecified atom stereocenters.